The second-order valence-electron chi connectivity index (χ2n) is 5.23. The topological polar surface area (TPSA) is 46.3 Å². The van der Waals surface area contributed by atoms with E-state index in [4.69, 9.17) is 5.73 Å². The Morgan fingerprint density at radius 2 is 1.75 bits per heavy atom. The lowest BCUT2D eigenvalue weighted by Gasteiger charge is -2.22. The fourth-order valence-corrected chi connectivity index (χ4v) is 2.27. The summed E-state index contributed by atoms with van der Waals surface area (Å²) in [7, 11) is 0. The SMILES string of the molecule is CCCCCCC(=O)N(CCC)c1ccc(CN)cc1. The number of hydrogen-bond donors (Lipinski definition) is 1. The molecular formula is C17H28N2O. The maximum absolute atomic E-state index is 12.4. The first-order chi connectivity index (χ1) is 9.72. The summed E-state index contributed by atoms with van der Waals surface area (Å²) < 4.78 is 0. The average molecular weight is 276 g/mol. The van der Waals surface area contributed by atoms with Crippen molar-refractivity contribution in [2.75, 3.05) is 11.4 Å². The molecule has 0 fully saturated rings. The Labute approximate surface area is 123 Å². The van der Waals surface area contributed by atoms with E-state index >= 15 is 0 Å². The molecule has 2 N–H and O–H groups in total. The van der Waals surface area contributed by atoms with Gasteiger partial charge in [-0.1, -0.05) is 45.2 Å². The van der Waals surface area contributed by atoms with Crippen molar-refractivity contribution in [2.24, 2.45) is 5.73 Å². The number of carbonyl (C=O) groups excluding carboxylic acids is 1. The van der Waals surface area contributed by atoms with Gasteiger partial charge >= 0.3 is 0 Å². The first-order valence-electron chi connectivity index (χ1n) is 7.82. The molecule has 0 unspecified atom stereocenters. The van der Waals surface area contributed by atoms with Crippen LogP contribution in [0.5, 0.6) is 0 Å². The number of amides is 1. The molecule has 0 saturated carbocycles. The third-order valence-corrected chi connectivity index (χ3v) is 3.48. The Hall–Kier alpha value is -1.35. The van der Waals surface area contributed by atoms with Crippen molar-refractivity contribution in [2.45, 2.75) is 58.9 Å². The molecule has 1 aromatic rings. The van der Waals surface area contributed by atoms with Gasteiger partial charge in [-0.15, -0.1) is 0 Å². The average Bonchev–Trinajstić information content (AvgIpc) is 2.49. The molecule has 0 aliphatic rings. The first kappa shape index (κ1) is 16.7. The predicted molar refractivity (Wildman–Crippen MR) is 85.7 cm³/mol. The molecule has 0 aromatic heterocycles. The summed E-state index contributed by atoms with van der Waals surface area (Å²) in [6.45, 7) is 5.61. The summed E-state index contributed by atoms with van der Waals surface area (Å²) in [5, 5.41) is 0. The Bertz CT molecular complexity index is 386. The largest absolute Gasteiger partial charge is 0.326 e. The number of unbranched alkanes of at least 4 members (excludes halogenated alkanes) is 3. The number of benzene rings is 1. The van der Waals surface area contributed by atoms with Crippen LogP contribution in [0, 0.1) is 0 Å². The number of nitrogens with zero attached hydrogens (tertiary/aromatic N) is 1. The minimum atomic E-state index is 0.239. The van der Waals surface area contributed by atoms with Gasteiger partial charge in [-0.25, -0.2) is 0 Å². The highest BCUT2D eigenvalue weighted by Gasteiger charge is 2.14. The van der Waals surface area contributed by atoms with Crippen LogP contribution in [0.25, 0.3) is 0 Å². The Balaban J connectivity index is 2.63. The van der Waals surface area contributed by atoms with E-state index in [0.29, 0.717) is 13.0 Å². The van der Waals surface area contributed by atoms with E-state index in [1.54, 1.807) is 0 Å². The molecule has 1 rings (SSSR count). The van der Waals surface area contributed by atoms with Gasteiger partial charge in [0.15, 0.2) is 0 Å². The van der Waals surface area contributed by atoms with Gasteiger partial charge in [-0.3, -0.25) is 4.79 Å². The van der Waals surface area contributed by atoms with Crippen LogP contribution < -0.4 is 10.6 Å². The van der Waals surface area contributed by atoms with Crippen LogP contribution in [0.4, 0.5) is 5.69 Å². The van der Waals surface area contributed by atoms with E-state index in [2.05, 4.69) is 13.8 Å². The Kier molecular flexibility index (Phi) is 7.97. The number of nitrogens with two attached hydrogens (primary N) is 1. The third kappa shape index (κ3) is 5.33. The van der Waals surface area contributed by atoms with E-state index in [9.17, 15) is 4.79 Å². The van der Waals surface area contributed by atoms with Crippen molar-refractivity contribution in [3.63, 3.8) is 0 Å². The molecule has 0 saturated heterocycles. The number of rotatable bonds is 9. The molecule has 0 bridgehead atoms. The van der Waals surface area contributed by atoms with Crippen LogP contribution in [0.1, 0.15) is 57.9 Å². The Morgan fingerprint density at radius 3 is 2.30 bits per heavy atom. The van der Waals surface area contributed by atoms with E-state index in [1.807, 2.05) is 29.2 Å². The molecule has 1 aromatic carbocycles. The standard InChI is InChI=1S/C17H28N2O/c1-3-5-6-7-8-17(20)19(13-4-2)16-11-9-15(14-18)10-12-16/h9-12H,3-8,13-14,18H2,1-2H3. The molecule has 0 aliphatic heterocycles. The lowest BCUT2D eigenvalue weighted by Crippen LogP contribution is -2.31. The van der Waals surface area contributed by atoms with Crippen LogP contribution in [0.2, 0.25) is 0 Å². The van der Waals surface area contributed by atoms with Gasteiger partial charge in [0.2, 0.25) is 5.91 Å². The number of hydrogen-bond acceptors (Lipinski definition) is 2. The van der Waals surface area contributed by atoms with Crippen molar-refractivity contribution in [1.29, 1.82) is 0 Å². The lowest BCUT2D eigenvalue weighted by atomic mass is 10.1. The van der Waals surface area contributed by atoms with Gasteiger partial charge in [-0.05, 0) is 30.5 Å². The molecule has 0 aliphatic carbocycles. The minimum Gasteiger partial charge on any atom is -0.326 e. The third-order valence-electron chi connectivity index (χ3n) is 3.48. The summed E-state index contributed by atoms with van der Waals surface area (Å²) in [6, 6.07) is 8.01. The van der Waals surface area contributed by atoms with Crippen molar-refractivity contribution < 1.29 is 4.79 Å². The van der Waals surface area contributed by atoms with Crippen molar-refractivity contribution >= 4 is 11.6 Å². The zero-order valence-electron chi connectivity index (χ0n) is 12.9. The van der Waals surface area contributed by atoms with Gasteiger partial charge in [0.25, 0.3) is 0 Å². The van der Waals surface area contributed by atoms with Crippen LogP contribution in [-0.4, -0.2) is 12.5 Å². The van der Waals surface area contributed by atoms with E-state index in [1.165, 1.54) is 12.8 Å². The molecule has 20 heavy (non-hydrogen) atoms. The predicted octanol–water partition coefficient (Wildman–Crippen LogP) is 3.86. The molecule has 0 radical (unpaired) electrons. The summed E-state index contributed by atoms with van der Waals surface area (Å²) in [5.74, 6) is 0.239. The van der Waals surface area contributed by atoms with Crippen LogP contribution in [-0.2, 0) is 11.3 Å². The monoisotopic (exact) mass is 276 g/mol. The molecule has 3 heteroatoms. The zero-order valence-corrected chi connectivity index (χ0v) is 12.9. The van der Waals surface area contributed by atoms with Gasteiger partial charge in [0.05, 0.1) is 0 Å². The van der Waals surface area contributed by atoms with Crippen molar-refractivity contribution in [1.82, 2.24) is 0 Å². The molecule has 0 atom stereocenters. The highest BCUT2D eigenvalue weighted by molar-refractivity contribution is 5.93. The maximum Gasteiger partial charge on any atom is 0.226 e. The summed E-state index contributed by atoms with van der Waals surface area (Å²) in [5.41, 5.74) is 7.70. The lowest BCUT2D eigenvalue weighted by molar-refractivity contribution is -0.118. The molecule has 1 amide bonds. The number of carbonyl (C=O) groups is 1. The highest BCUT2D eigenvalue weighted by Crippen LogP contribution is 2.18. The highest BCUT2D eigenvalue weighted by atomic mass is 16.2. The van der Waals surface area contributed by atoms with Crippen LogP contribution in [0.15, 0.2) is 24.3 Å². The molecule has 0 heterocycles. The van der Waals surface area contributed by atoms with Gasteiger partial charge < -0.3 is 10.6 Å². The minimum absolute atomic E-state index is 0.239. The number of anilines is 1. The van der Waals surface area contributed by atoms with E-state index < -0.39 is 0 Å². The summed E-state index contributed by atoms with van der Waals surface area (Å²) in [4.78, 5) is 14.3. The van der Waals surface area contributed by atoms with E-state index in [-0.39, 0.29) is 5.91 Å². The summed E-state index contributed by atoms with van der Waals surface area (Å²) >= 11 is 0. The fraction of sp³-hybridized carbons (Fsp3) is 0.588. The quantitative estimate of drug-likeness (QED) is 0.696. The van der Waals surface area contributed by atoms with Gasteiger partial charge in [0, 0.05) is 25.2 Å². The van der Waals surface area contributed by atoms with Gasteiger partial charge in [0.1, 0.15) is 0 Å². The molecule has 112 valence electrons. The molecule has 0 spiro atoms. The van der Waals surface area contributed by atoms with Crippen molar-refractivity contribution in [3.05, 3.63) is 29.8 Å². The fourth-order valence-electron chi connectivity index (χ4n) is 2.27. The van der Waals surface area contributed by atoms with E-state index in [0.717, 1.165) is 37.1 Å². The first-order valence-corrected chi connectivity index (χ1v) is 7.82. The smallest absolute Gasteiger partial charge is 0.226 e. The van der Waals surface area contributed by atoms with Gasteiger partial charge in [-0.2, -0.15) is 0 Å². The molecule has 3 nitrogen and oxygen atoms in total. The normalized spacial score (nSPS) is 10.6. The van der Waals surface area contributed by atoms with Crippen LogP contribution >= 0.6 is 0 Å². The summed E-state index contributed by atoms with van der Waals surface area (Å²) in [6.07, 6.45) is 6.18. The Morgan fingerprint density at radius 1 is 1.05 bits per heavy atom. The maximum atomic E-state index is 12.4. The van der Waals surface area contributed by atoms with Crippen LogP contribution in [0.3, 0.4) is 0 Å². The second-order valence-corrected chi connectivity index (χ2v) is 5.23. The molecular weight excluding hydrogens is 248 g/mol. The second kappa shape index (κ2) is 9.54. The van der Waals surface area contributed by atoms with Crippen molar-refractivity contribution in [3.8, 4) is 0 Å². The zero-order chi connectivity index (χ0) is 14.8.